The fraction of sp³-hybridized carbons (Fsp3) is 0.800. The number of nitrogens with zero attached hydrogens (tertiary/aromatic N) is 2. The summed E-state index contributed by atoms with van der Waals surface area (Å²) in [6.45, 7) is 4.12. The maximum atomic E-state index is 10.5. The Balaban J connectivity index is 2.06. The number of hydrogen-bond donors (Lipinski definition) is 1. The van der Waals surface area contributed by atoms with Crippen molar-refractivity contribution in [2.24, 2.45) is 5.92 Å². The highest BCUT2D eigenvalue weighted by Gasteiger charge is 2.23. The van der Waals surface area contributed by atoms with Gasteiger partial charge < -0.3 is 5.11 Å². The highest BCUT2D eigenvalue weighted by Crippen LogP contribution is 2.34. The Labute approximate surface area is 121 Å². The van der Waals surface area contributed by atoms with E-state index in [1.165, 1.54) is 38.5 Å². The number of halogens is 1. The molecule has 1 N–H and O–H groups in total. The highest BCUT2D eigenvalue weighted by atomic mass is 35.5. The molecule has 0 saturated heterocycles. The van der Waals surface area contributed by atoms with Gasteiger partial charge in [0.1, 0.15) is 0 Å². The first-order valence-corrected chi connectivity index (χ1v) is 7.88. The third kappa shape index (κ3) is 3.73. The van der Waals surface area contributed by atoms with Gasteiger partial charge in [-0.1, -0.05) is 50.1 Å². The third-order valence-electron chi connectivity index (χ3n) is 4.12. The van der Waals surface area contributed by atoms with E-state index in [0.717, 1.165) is 12.1 Å². The lowest BCUT2D eigenvalue weighted by Crippen LogP contribution is -2.14. The summed E-state index contributed by atoms with van der Waals surface area (Å²) in [4.78, 5) is 0. The molecule has 1 aromatic heterocycles. The molecule has 1 atom stereocenters. The smallest absolute Gasteiger partial charge is 0.0974 e. The maximum absolute atomic E-state index is 10.5. The minimum absolute atomic E-state index is 0.228. The Bertz CT molecular complexity index is 395. The Hall–Kier alpha value is -0.540. The molecular formula is C15H25ClN2O. The Morgan fingerprint density at radius 1 is 1.32 bits per heavy atom. The van der Waals surface area contributed by atoms with Crippen LogP contribution in [-0.2, 0) is 0 Å². The molecule has 1 aromatic rings. The predicted molar refractivity (Wildman–Crippen MR) is 78.4 cm³/mol. The lowest BCUT2D eigenvalue weighted by atomic mass is 9.92. The van der Waals surface area contributed by atoms with Crippen LogP contribution in [0.1, 0.15) is 76.6 Å². The van der Waals surface area contributed by atoms with Crippen LogP contribution in [0.15, 0.2) is 6.20 Å². The van der Waals surface area contributed by atoms with E-state index >= 15 is 0 Å². The van der Waals surface area contributed by atoms with E-state index in [9.17, 15) is 5.11 Å². The minimum Gasteiger partial charge on any atom is -0.387 e. The van der Waals surface area contributed by atoms with Crippen LogP contribution >= 0.6 is 11.6 Å². The van der Waals surface area contributed by atoms with Crippen LogP contribution in [0, 0.1) is 5.92 Å². The topological polar surface area (TPSA) is 38.0 Å². The van der Waals surface area contributed by atoms with E-state index in [1.54, 1.807) is 6.20 Å². The van der Waals surface area contributed by atoms with Gasteiger partial charge in [0, 0.05) is 6.04 Å². The van der Waals surface area contributed by atoms with Gasteiger partial charge in [-0.15, -0.1) is 0 Å². The van der Waals surface area contributed by atoms with E-state index < -0.39 is 6.10 Å². The summed E-state index contributed by atoms with van der Waals surface area (Å²) in [6.07, 6.45) is 9.75. The zero-order chi connectivity index (χ0) is 13.8. The second-order valence-corrected chi connectivity index (χ2v) is 6.43. The van der Waals surface area contributed by atoms with E-state index in [0.29, 0.717) is 10.9 Å². The minimum atomic E-state index is -0.486. The van der Waals surface area contributed by atoms with E-state index in [-0.39, 0.29) is 6.04 Å². The van der Waals surface area contributed by atoms with E-state index in [2.05, 4.69) is 18.9 Å². The van der Waals surface area contributed by atoms with Crippen LogP contribution < -0.4 is 0 Å². The standard InChI is InChI=1S/C15H25ClN2O/c1-11(2)18-15(13(16)10-17-18)14(19)9-12-7-5-3-4-6-8-12/h10-12,14,19H,3-9H2,1-2H3. The van der Waals surface area contributed by atoms with Crippen molar-refractivity contribution in [1.82, 2.24) is 9.78 Å². The Morgan fingerprint density at radius 2 is 1.95 bits per heavy atom. The summed E-state index contributed by atoms with van der Waals surface area (Å²) in [7, 11) is 0. The normalized spacial score (nSPS) is 19.6. The third-order valence-corrected chi connectivity index (χ3v) is 4.41. The Morgan fingerprint density at radius 3 is 2.53 bits per heavy atom. The van der Waals surface area contributed by atoms with Crippen molar-refractivity contribution < 1.29 is 5.11 Å². The predicted octanol–water partition coefficient (Wildman–Crippen LogP) is 4.51. The SMILES string of the molecule is CC(C)n1ncc(Cl)c1C(O)CC1CCCCCC1. The summed E-state index contributed by atoms with van der Waals surface area (Å²) in [5, 5.41) is 15.4. The van der Waals surface area contributed by atoms with Gasteiger partial charge in [0.25, 0.3) is 0 Å². The van der Waals surface area contributed by atoms with Crippen LogP contribution in [0.25, 0.3) is 0 Å². The van der Waals surface area contributed by atoms with Crippen molar-refractivity contribution in [3.05, 3.63) is 16.9 Å². The molecule has 1 fully saturated rings. The summed E-state index contributed by atoms with van der Waals surface area (Å²) in [5.74, 6) is 0.629. The molecule has 0 aromatic carbocycles. The molecule has 0 aliphatic heterocycles. The lowest BCUT2D eigenvalue weighted by Gasteiger charge is -2.21. The number of aromatic nitrogens is 2. The van der Waals surface area contributed by atoms with Gasteiger partial charge in [-0.05, 0) is 26.2 Å². The van der Waals surface area contributed by atoms with Crippen LogP contribution in [0.5, 0.6) is 0 Å². The zero-order valence-electron chi connectivity index (χ0n) is 12.0. The molecule has 0 bridgehead atoms. The molecule has 1 saturated carbocycles. The molecule has 1 aliphatic rings. The highest BCUT2D eigenvalue weighted by molar-refractivity contribution is 6.31. The van der Waals surface area contributed by atoms with E-state index in [1.807, 2.05) is 4.68 Å². The molecule has 1 aliphatic carbocycles. The number of rotatable bonds is 4. The van der Waals surface area contributed by atoms with Crippen molar-refractivity contribution in [2.75, 3.05) is 0 Å². The summed E-state index contributed by atoms with van der Waals surface area (Å²) in [5.41, 5.74) is 0.793. The fourth-order valence-electron chi connectivity index (χ4n) is 3.10. The van der Waals surface area contributed by atoms with Gasteiger partial charge in [0.15, 0.2) is 0 Å². The van der Waals surface area contributed by atoms with Crippen molar-refractivity contribution in [3.63, 3.8) is 0 Å². The zero-order valence-corrected chi connectivity index (χ0v) is 12.7. The van der Waals surface area contributed by atoms with E-state index in [4.69, 9.17) is 11.6 Å². The van der Waals surface area contributed by atoms with Crippen LogP contribution in [-0.4, -0.2) is 14.9 Å². The van der Waals surface area contributed by atoms with Crippen molar-refractivity contribution in [2.45, 2.75) is 70.9 Å². The number of aliphatic hydroxyl groups is 1. The first kappa shape index (κ1) is 14.9. The molecule has 3 nitrogen and oxygen atoms in total. The summed E-state index contributed by atoms with van der Waals surface area (Å²) >= 11 is 6.19. The summed E-state index contributed by atoms with van der Waals surface area (Å²) < 4.78 is 1.85. The molecule has 4 heteroatoms. The molecule has 0 radical (unpaired) electrons. The van der Waals surface area contributed by atoms with Crippen molar-refractivity contribution in [1.29, 1.82) is 0 Å². The second-order valence-electron chi connectivity index (χ2n) is 6.03. The van der Waals surface area contributed by atoms with Crippen LogP contribution in [0.2, 0.25) is 5.02 Å². The fourth-order valence-corrected chi connectivity index (χ4v) is 3.36. The van der Waals surface area contributed by atoms with Gasteiger partial charge in [-0.25, -0.2) is 0 Å². The lowest BCUT2D eigenvalue weighted by molar-refractivity contribution is 0.128. The molecule has 19 heavy (non-hydrogen) atoms. The first-order chi connectivity index (χ1) is 9.09. The average molecular weight is 285 g/mol. The molecular weight excluding hydrogens is 260 g/mol. The van der Waals surface area contributed by atoms with Gasteiger partial charge >= 0.3 is 0 Å². The summed E-state index contributed by atoms with van der Waals surface area (Å²) in [6, 6.07) is 0.228. The van der Waals surface area contributed by atoms with Crippen LogP contribution in [0.4, 0.5) is 0 Å². The quantitative estimate of drug-likeness (QED) is 0.826. The Kier molecular flexibility index (Phi) is 5.28. The van der Waals surface area contributed by atoms with Crippen LogP contribution in [0.3, 0.4) is 0 Å². The second kappa shape index (κ2) is 6.76. The first-order valence-electron chi connectivity index (χ1n) is 7.50. The molecule has 1 heterocycles. The molecule has 0 amide bonds. The maximum Gasteiger partial charge on any atom is 0.0974 e. The van der Waals surface area contributed by atoms with Gasteiger partial charge in [0.05, 0.1) is 23.0 Å². The average Bonchev–Trinajstić information content (AvgIpc) is 2.58. The molecule has 1 unspecified atom stereocenters. The molecule has 2 rings (SSSR count). The largest absolute Gasteiger partial charge is 0.387 e. The van der Waals surface area contributed by atoms with Crippen molar-refractivity contribution >= 4 is 11.6 Å². The monoisotopic (exact) mass is 284 g/mol. The molecule has 108 valence electrons. The van der Waals surface area contributed by atoms with Gasteiger partial charge in [-0.3, -0.25) is 4.68 Å². The number of hydrogen-bond acceptors (Lipinski definition) is 2. The van der Waals surface area contributed by atoms with Gasteiger partial charge in [0.2, 0.25) is 0 Å². The molecule has 0 spiro atoms. The van der Waals surface area contributed by atoms with Crippen molar-refractivity contribution in [3.8, 4) is 0 Å². The van der Waals surface area contributed by atoms with Gasteiger partial charge in [-0.2, -0.15) is 5.10 Å². The number of aliphatic hydroxyl groups excluding tert-OH is 1.